The van der Waals surface area contributed by atoms with Crippen LogP contribution in [-0.2, 0) is 12.8 Å². The summed E-state index contributed by atoms with van der Waals surface area (Å²) >= 11 is 1.82. The molecule has 3 aliphatic carbocycles. The van der Waals surface area contributed by atoms with Gasteiger partial charge in [0.25, 0.3) is 0 Å². The number of nitrogens with zero attached hydrogens (tertiary/aromatic N) is 4. The van der Waals surface area contributed by atoms with E-state index in [0.29, 0.717) is 17.5 Å². The average molecular weight is 761 g/mol. The molecule has 7 aromatic carbocycles. The van der Waals surface area contributed by atoms with Crippen molar-refractivity contribution in [3.05, 3.63) is 174 Å². The minimum absolute atomic E-state index is 0.641. The predicted molar refractivity (Wildman–Crippen MR) is 239 cm³/mol. The minimum atomic E-state index is 0.641. The molecule has 6 heteroatoms. The number of aryl methyl sites for hydroxylation is 1. The fraction of sp³-hybridized carbons (Fsp3) is 0.0577. The molecule has 5 nitrogen and oxygen atoms in total. The second-order valence-corrected chi connectivity index (χ2v) is 16.6. The highest BCUT2D eigenvalue weighted by molar-refractivity contribution is 7.25. The van der Waals surface area contributed by atoms with Crippen molar-refractivity contribution < 1.29 is 4.42 Å². The summed E-state index contributed by atoms with van der Waals surface area (Å²) in [4.78, 5) is 15.5. The van der Waals surface area contributed by atoms with Crippen LogP contribution in [0.3, 0.4) is 0 Å². The monoisotopic (exact) mass is 760 g/mol. The van der Waals surface area contributed by atoms with E-state index in [9.17, 15) is 0 Å². The molecule has 0 saturated carbocycles. The van der Waals surface area contributed by atoms with Gasteiger partial charge in [-0.2, -0.15) is 0 Å². The number of benzene rings is 7. The summed E-state index contributed by atoms with van der Waals surface area (Å²) in [7, 11) is 0. The van der Waals surface area contributed by atoms with Gasteiger partial charge in [-0.25, -0.2) is 15.0 Å². The van der Waals surface area contributed by atoms with Crippen LogP contribution in [0.25, 0.3) is 110 Å². The number of fused-ring (bicyclic) bond motifs is 11. The van der Waals surface area contributed by atoms with Crippen LogP contribution in [0.4, 0.5) is 0 Å². The fourth-order valence-corrected chi connectivity index (χ4v) is 10.4. The quantitative estimate of drug-likeness (QED) is 0.175. The smallest absolute Gasteiger partial charge is 0.164 e. The van der Waals surface area contributed by atoms with E-state index < -0.39 is 0 Å². The van der Waals surface area contributed by atoms with Gasteiger partial charge in [-0.05, 0) is 108 Å². The Morgan fingerprint density at radius 1 is 0.552 bits per heavy atom. The van der Waals surface area contributed by atoms with E-state index in [1.165, 1.54) is 70.3 Å². The number of furan rings is 1. The van der Waals surface area contributed by atoms with Gasteiger partial charge in [-0.3, -0.25) is 0 Å². The molecular weight excluding hydrogens is 729 g/mol. The first kappa shape index (κ1) is 32.0. The first-order chi connectivity index (χ1) is 28.7. The van der Waals surface area contributed by atoms with E-state index in [4.69, 9.17) is 19.4 Å². The van der Waals surface area contributed by atoms with E-state index in [2.05, 4.69) is 132 Å². The van der Waals surface area contributed by atoms with Crippen molar-refractivity contribution in [1.82, 2.24) is 19.5 Å². The molecule has 0 spiro atoms. The standard InChI is InChI=1S/C52H32N4OS/c1-2-9-35(10-3-1)56-43-14-6-4-11-37(43)41-27-31(19-23-44(41)56)32-20-24-47-42(28-32)38-22-18-33(29-48(38)58-47)50-53-51(36-21-17-30-25-34(36)26-30)55-52(54-50)40-13-8-16-46-49(40)39-12-5-7-15-45(39)57-46/h1-3,5-10,12-25,27-29H,4,11,26H2. The topological polar surface area (TPSA) is 56.7 Å². The zero-order valence-electron chi connectivity index (χ0n) is 31.2. The maximum atomic E-state index is 6.27. The largest absolute Gasteiger partial charge is 0.456 e. The van der Waals surface area contributed by atoms with Crippen molar-refractivity contribution in [3.63, 3.8) is 0 Å². The van der Waals surface area contributed by atoms with E-state index in [0.717, 1.165) is 57.9 Å². The lowest BCUT2D eigenvalue weighted by Gasteiger charge is -2.19. The van der Waals surface area contributed by atoms with Crippen LogP contribution in [0, 0.1) is 0 Å². The number of hydrogen-bond acceptors (Lipinski definition) is 5. The summed E-state index contributed by atoms with van der Waals surface area (Å²) < 4.78 is 11.2. The van der Waals surface area contributed by atoms with Crippen LogP contribution >= 0.6 is 11.3 Å². The molecule has 2 bridgehead atoms. The summed E-state index contributed by atoms with van der Waals surface area (Å²) in [6.45, 7) is 0. The normalized spacial score (nSPS) is 13.2. The van der Waals surface area contributed by atoms with Gasteiger partial charge in [0.2, 0.25) is 0 Å². The van der Waals surface area contributed by atoms with Gasteiger partial charge in [0.05, 0.1) is 5.52 Å². The third-order valence-electron chi connectivity index (χ3n) is 12.1. The molecule has 0 atom stereocenters. The molecule has 4 heterocycles. The van der Waals surface area contributed by atoms with Crippen molar-refractivity contribution in [2.75, 3.05) is 0 Å². The van der Waals surface area contributed by atoms with Crippen LogP contribution in [0.5, 0.6) is 0 Å². The second-order valence-electron chi connectivity index (χ2n) is 15.5. The zero-order chi connectivity index (χ0) is 37.9. The average Bonchev–Trinajstić information content (AvgIpc) is 3.95. The van der Waals surface area contributed by atoms with Crippen LogP contribution in [0.15, 0.2) is 156 Å². The Labute approximate surface area is 337 Å². The Bertz CT molecular complexity index is 3550. The maximum absolute atomic E-state index is 6.27. The summed E-state index contributed by atoms with van der Waals surface area (Å²) in [5.41, 5.74) is 14.9. The van der Waals surface area contributed by atoms with Crippen molar-refractivity contribution in [2.45, 2.75) is 19.3 Å². The third-order valence-corrected chi connectivity index (χ3v) is 13.2. The van der Waals surface area contributed by atoms with Gasteiger partial charge >= 0.3 is 0 Å². The maximum Gasteiger partial charge on any atom is 0.164 e. The van der Waals surface area contributed by atoms with Crippen LogP contribution in [-0.4, -0.2) is 19.5 Å². The molecule has 0 amide bonds. The Hall–Kier alpha value is -7.15. The summed E-state index contributed by atoms with van der Waals surface area (Å²) in [6.07, 6.45) is 7.67. The molecule has 0 unspecified atom stereocenters. The Morgan fingerprint density at radius 3 is 2.21 bits per heavy atom. The van der Waals surface area contributed by atoms with Gasteiger partial charge < -0.3 is 8.98 Å². The van der Waals surface area contributed by atoms with Crippen LogP contribution < -0.4 is 0 Å². The van der Waals surface area contributed by atoms with Gasteiger partial charge in [0.15, 0.2) is 17.5 Å². The molecule has 0 N–H and O–H groups in total. The number of para-hydroxylation sites is 2. The fourth-order valence-electron chi connectivity index (χ4n) is 9.28. The van der Waals surface area contributed by atoms with Gasteiger partial charge in [0.1, 0.15) is 11.2 Å². The van der Waals surface area contributed by atoms with E-state index in [1.54, 1.807) is 0 Å². The molecule has 0 saturated heterocycles. The number of rotatable bonds is 5. The molecule has 272 valence electrons. The molecule has 58 heavy (non-hydrogen) atoms. The van der Waals surface area contributed by atoms with Gasteiger partial charge in [-0.15, -0.1) is 11.3 Å². The van der Waals surface area contributed by atoms with Crippen LogP contribution in [0.2, 0.25) is 0 Å². The minimum Gasteiger partial charge on any atom is -0.456 e. The van der Waals surface area contributed by atoms with Crippen molar-refractivity contribution in [1.29, 1.82) is 0 Å². The molecule has 4 aromatic heterocycles. The Balaban J connectivity index is 0.935. The van der Waals surface area contributed by atoms with Crippen molar-refractivity contribution in [2.24, 2.45) is 0 Å². The molecule has 0 aliphatic heterocycles. The highest BCUT2D eigenvalue weighted by Gasteiger charge is 2.23. The SMILES string of the molecule is C1=Cc2c(c3cc(-c4ccc5sc6cc(-c7nc(-c8ccc9cc8C9)nc(-c8cccc9oc%10ccccc%10c89)n7)ccc6c5c4)ccc3n2-c2ccccc2)CC1. The number of thiophene rings is 1. The summed E-state index contributed by atoms with van der Waals surface area (Å²) in [5.74, 6) is 2.00. The van der Waals surface area contributed by atoms with Gasteiger partial charge in [-0.1, -0.05) is 97.1 Å². The molecule has 14 rings (SSSR count). The van der Waals surface area contributed by atoms with E-state index in [-0.39, 0.29) is 0 Å². The second kappa shape index (κ2) is 12.2. The molecule has 3 aliphatic rings. The molecular formula is C52H32N4OS. The number of aromatic nitrogens is 4. The first-order valence-corrected chi connectivity index (χ1v) is 20.7. The van der Waals surface area contributed by atoms with Crippen molar-refractivity contribution >= 4 is 70.4 Å². The van der Waals surface area contributed by atoms with Crippen molar-refractivity contribution in [3.8, 4) is 51.0 Å². The number of allylic oxidation sites excluding steroid dienone is 1. The predicted octanol–water partition coefficient (Wildman–Crippen LogP) is 13.6. The van der Waals surface area contributed by atoms with Gasteiger partial charge in [0, 0.05) is 64.4 Å². The highest BCUT2D eigenvalue weighted by Crippen LogP contribution is 2.42. The summed E-state index contributed by atoms with van der Waals surface area (Å²) in [5, 5.41) is 5.90. The molecule has 0 fully saturated rings. The Morgan fingerprint density at radius 2 is 1.33 bits per heavy atom. The van der Waals surface area contributed by atoms with Crippen LogP contribution in [0.1, 0.15) is 28.8 Å². The zero-order valence-corrected chi connectivity index (χ0v) is 32.1. The third kappa shape index (κ3) is 4.79. The molecule has 0 radical (unpaired) electrons. The lowest BCUT2D eigenvalue weighted by atomic mass is 9.88. The lowest BCUT2D eigenvalue weighted by molar-refractivity contribution is 0.669. The lowest BCUT2D eigenvalue weighted by Crippen LogP contribution is -2.07. The summed E-state index contributed by atoms with van der Waals surface area (Å²) in [6, 6.07) is 52.2. The Kier molecular flexibility index (Phi) is 6.71. The molecule has 11 aromatic rings. The van der Waals surface area contributed by atoms with E-state index >= 15 is 0 Å². The first-order valence-electron chi connectivity index (χ1n) is 19.9. The number of hydrogen-bond donors (Lipinski definition) is 0. The highest BCUT2D eigenvalue weighted by atomic mass is 32.1. The van der Waals surface area contributed by atoms with E-state index in [1.807, 2.05) is 41.7 Å².